The number of carbonyl (C=O) groups is 1. The molecule has 0 bridgehead atoms. The molecule has 0 N–H and O–H groups in total. The Balaban J connectivity index is 2.36. The minimum absolute atomic E-state index is 0.130. The number of hydrogen-bond acceptors (Lipinski definition) is 1. The highest BCUT2D eigenvalue weighted by molar-refractivity contribution is 5.57. The molecule has 0 radical (unpaired) electrons. The summed E-state index contributed by atoms with van der Waals surface area (Å²) in [6.45, 7) is 8.66. The molecule has 92 valence electrons. The number of aldehydes is 1. The number of hydrogen-bond donors (Lipinski definition) is 0. The second kappa shape index (κ2) is 5.65. The third-order valence-corrected chi connectivity index (χ3v) is 4.05. The summed E-state index contributed by atoms with van der Waals surface area (Å²) in [5, 5.41) is 0. The topological polar surface area (TPSA) is 17.1 Å². The standard InChI is InChI=1S/C15H26O/c1-12-5-7-14(8-6-12)13(2)9-10-15(3,4)11-16/h5,11,13-14H,6-10H2,1-4H3/t13-,14-/m1/s1. The Kier molecular flexibility index (Phi) is 4.76. The van der Waals surface area contributed by atoms with Gasteiger partial charge in [0.2, 0.25) is 0 Å². The summed E-state index contributed by atoms with van der Waals surface area (Å²) in [6, 6.07) is 0. The van der Waals surface area contributed by atoms with E-state index in [9.17, 15) is 4.79 Å². The average Bonchev–Trinajstić information content (AvgIpc) is 2.27. The van der Waals surface area contributed by atoms with Gasteiger partial charge in [0.15, 0.2) is 0 Å². The molecule has 1 aliphatic carbocycles. The summed E-state index contributed by atoms with van der Waals surface area (Å²) in [4.78, 5) is 10.8. The zero-order valence-corrected chi connectivity index (χ0v) is 11.3. The first-order valence-corrected chi connectivity index (χ1v) is 6.56. The second-order valence-corrected chi connectivity index (χ2v) is 6.21. The zero-order valence-electron chi connectivity index (χ0n) is 11.3. The van der Waals surface area contributed by atoms with Gasteiger partial charge in [0.1, 0.15) is 6.29 Å². The van der Waals surface area contributed by atoms with Gasteiger partial charge in [0, 0.05) is 5.41 Å². The highest BCUT2D eigenvalue weighted by atomic mass is 16.1. The fourth-order valence-electron chi connectivity index (χ4n) is 2.40. The van der Waals surface area contributed by atoms with Crippen LogP contribution in [0.2, 0.25) is 0 Å². The van der Waals surface area contributed by atoms with Crippen molar-refractivity contribution in [1.29, 1.82) is 0 Å². The molecule has 0 aromatic heterocycles. The summed E-state index contributed by atoms with van der Waals surface area (Å²) in [6.07, 6.45) is 9.56. The summed E-state index contributed by atoms with van der Waals surface area (Å²) in [7, 11) is 0. The molecule has 0 aliphatic heterocycles. The summed E-state index contributed by atoms with van der Waals surface area (Å²) >= 11 is 0. The van der Waals surface area contributed by atoms with E-state index in [4.69, 9.17) is 0 Å². The molecule has 0 heterocycles. The van der Waals surface area contributed by atoms with Crippen molar-refractivity contribution in [1.82, 2.24) is 0 Å². The van der Waals surface area contributed by atoms with E-state index in [1.54, 1.807) is 5.57 Å². The van der Waals surface area contributed by atoms with Crippen molar-refractivity contribution in [2.75, 3.05) is 0 Å². The Hall–Kier alpha value is -0.590. The van der Waals surface area contributed by atoms with Crippen LogP contribution < -0.4 is 0 Å². The first-order chi connectivity index (χ1) is 7.44. The molecule has 1 heteroatoms. The minimum atomic E-state index is -0.130. The maximum absolute atomic E-state index is 10.8. The molecular formula is C15H26O. The molecule has 0 aromatic carbocycles. The van der Waals surface area contributed by atoms with Gasteiger partial charge in [-0.25, -0.2) is 0 Å². The van der Waals surface area contributed by atoms with Gasteiger partial charge < -0.3 is 4.79 Å². The van der Waals surface area contributed by atoms with Crippen LogP contribution in [0, 0.1) is 17.3 Å². The number of allylic oxidation sites excluding steroid dienone is 2. The van der Waals surface area contributed by atoms with Crippen LogP contribution in [0.25, 0.3) is 0 Å². The Morgan fingerprint density at radius 1 is 1.56 bits per heavy atom. The van der Waals surface area contributed by atoms with E-state index in [0.717, 1.165) is 24.5 Å². The summed E-state index contributed by atoms with van der Waals surface area (Å²) in [5.41, 5.74) is 1.42. The van der Waals surface area contributed by atoms with Crippen molar-refractivity contribution in [2.24, 2.45) is 17.3 Å². The number of rotatable bonds is 5. The predicted molar refractivity (Wildman–Crippen MR) is 69.3 cm³/mol. The lowest BCUT2D eigenvalue weighted by Crippen LogP contribution is -2.19. The molecule has 16 heavy (non-hydrogen) atoms. The lowest BCUT2D eigenvalue weighted by Gasteiger charge is -2.28. The van der Waals surface area contributed by atoms with E-state index in [1.165, 1.54) is 25.7 Å². The molecule has 0 aromatic rings. The molecule has 0 fully saturated rings. The molecule has 0 unspecified atom stereocenters. The predicted octanol–water partition coefficient (Wildman–Crippen LogP) is 4.37. The van der Waals surface area contributed by atoms with Crippen molar-refractivity contribution in [2.45, 2.75) is 59.8 Å². The SMILES string of the molecule is CC1=CC[C@@H]([C@H](C)CCC(C)(C)C=O)CC1. The lowest BCUT2D eigenvalue weighted by molar-refractivity contribution is -0.115. The summed E-state index contributed by atoms with van der Waals surface area (Å²) in [5.74, 6) is 1.59. The van der Waals surface area contributed by atoms with Crippen LogP contribution in [0.15, 0.2) is 11.6 Å². The molecule has 2 atom stereocenters. The Morgan fingerprint density at radius 3 is 2.75 bits per heavy atom. The van der Waals surface area contributed by atoms with Gasteiger partial charge in [-0.1, -0.05) is 32.4 Å². The van der Waals surface area contributed by atoms with Crippen LogP contribution in [0.3, 0.4) is 0 Å². The summed E-state index contributed by atoms with van der Waals surface area (Å²) < 4.78 is 0. The van der Waals surface area contributed by atoms with Gasteiger partial charge in [-0.05, 0) is 50.9 Å². The van der Waals surface area contributed by atoms with Crippen LogP contribution >= 0.6 is 0 Å². The van der Waals surface area contributed by atoms with Crippen molar-refractivity contribution >= 4 is 6.29 Å². The van der Waals surface area contributed by atoms with Crippen molar-refractivity contribution in [3.8, 4) is 0 Å². The van der Waals surface area contributed by atoms with Crippen LogP contribution in [0.4, 0.5) is 0 Å². The van der Waals surface area contributed by atoms with Crippen molar-refractivity contribution in [3.05, 3.63) is 11.6 Å². The zero-order chi connectivity index (χ0) is 12.2. The van der Waals surface area contributed by atoms with E-state index < -0.39 is 0 Å². The van der Waals surface area contributed by atoms with Gasteiger partial charge in [-0.15, -0.1) is 0 Å². The van der Waals surface area contributed by atoms with E-state index in [0.29, 0.717) is 0 Å². The van der Waals surface area contributed by atoms with Gasteiger partial charge in [-0.2, -0.15) is 0 Å². The van der Waals surface area contributed by atoms with Crippen LogP contribution in [-0.2, 0) is 4.79 Å². The van der Waals surface area contributed by atoms with Crippen LogP contribution in [-0.4, -0.2) is 6.29 Å². The smallest absolute Gasteiger partial charge is 0.125 e. The van der Waals surface area contributed by atoms with E-state index in [2.05, 4.69) is 19.9 Å². The lowest BCUT2D eigenvalue weighted by atomic mass is 9.77. The van der Waals surface area contributed by atoms with Gasteiger partial charge in [0.25, 0.3) is 0 Å². The fraction of sp³-hybridized carbons (Fsp3) is 0.800. The van der Waals surface area contributed by atoms with Gasteiger partial charge in [0.05, 0.1) is 0 Å². The van der Waals surface area contributed by atoms with E-state index in [-0.39, 0.29) is 5.41 Å². The average molecular weight is 222 g/mol. The van der Waals surface area contributed by atoms with E-state index >= 15 is 0 Å². The third kappa shape index (κ3) is 4.11. The highest BCUT2D eigenvalue weighted by Crippen LogP contribution is 2.33. The molecule has 0 amide bonds. The largest absolute Gasteiger partial charge is 0.303 e. The van der Waals surface area contributed by atoms with Crippen molar-refractivity contribution < 1.29 is 4.79 Å². The second-order valence-electron chi connectivity index (χ2n) is 6.21. The van der Waals surface area contributed by atoms with Gasteiger partial charge in [-0.3, -0.25) is 0 Å². The molecule has 0 saturated carbocycles. The molecule has 0 saturated heterocycles. The molecule has 0 spiro atoms. The van der Waals surface area contributed by atoms with Crippen LogP contribution in [0.5, 0.6) is 0 Å². The maximum atomic E-state index is 10.8. The fourth-order valence-corrected chi connectivity index (χ4v) is 2.40. The van der Waals surface area contributed by atoms with Gasteiger partial charge >= 0.3 is 0 Å². The molecule has 1 rings (SSSR count). The Labute approximate surface area is 100 Å². The normalized spacial score (nSPS) is 23.8. The number of carbonyl (C=O) groups excluding carboxylic acids is 1. The quantitative estimate of drug-likeness (QED) is 0.498. The minimum Gasteiger partial charge on any atom is -0.303 e. The highest BCUT2D eigenvalue weighted by Gasteiger charge is 2.23. The first-order valence-electron chi connectivity index (χ1n) is 6.56. The third-order valence-electron chi connectivity index (χ3n) is 4.05. The first kappa shape index (κ1) is 13.5. The molecule has 1 aliphatic rings. The Bertz CT molecular complexity index is 263. The van der Waals surface area contributed by atoms with E-state index in [1.807, 2.05) is 13.8 Å². The molecule has 1 nitrogen and oxygen atoms in total. The van der Waals surface area contributed by atoms with Crippen LogP contribution in [0.1, 0.15) is 59.8 Å². The van der Waals surface area contributed by atoms with Crippen molar-refractivity contribution in [3.63, 3.8) is 0 Å². The maximum Gasteiger partial charge on any atom is 0.125 e. The monoisotopic (exact) mass is 222 g/mol. The Morgan fingerprint density at radius 2 is 2.25 bits per heavy atom. The molecular weight excluding hydrogens is 196 g/mol.